The zero-order valence-corrected chi connectivity index (χ0v) is 28.2. The smallest absolute Gasteiger partial charge is 0.200 e. The largest absolute Gasteiger partial charge is 0.413 e. The first-order chi connectivity index (χ1) is 19.9. The van der Waals surface area contributed by atoms with Crippen molar-refractivity contribution in [2.75, 3.05) is 11.9 Å². The van der Waals surface area contributed by atoms with Gasteiger partial charge in [0, 0.05) is 35.3 Å². The van der Waals surface area contributed by atoms with E-state index in [4.69, 9.17) is 27.6 Å². The number of thiophene rings is 1. The van der Waals surface area contributed by atoms with Gasteiger partial charge >= 0.3 is 0 Å². The number of hydrogen-bond acceptors (Lipinski definition) is 8. The number of aliphatic hydroxyl groups is 1. The van der Waals surface area contributed by atoms with E-state index in [1.807, 2.05) is 0 Å². The fourth-order valence-electron chi connectivity index (χ4n) is 6.54. The van der Waals surface area contributed by atoms with Crippen molar-refractivity contribution in [3.8, 4) is 10.7 Å². The Bertz CT molecular complexity index is 1410. The van der Waals surface area contributed by atoms with Crippen LogP contribution in [0.1, 0.15) is 80.7 Å². The summed E-state index contributed by atoms with van der Waals surface area (Å²) < 4.78 is 7.39. The number of ketones is 1. The molecule has 0 spiro atoms. The molecule has 1 fully saturated rings. The molecule has 0 unspecified atom stereocenters. The number of rotatable bonds is 12. The first kappa shape index (κ1) is 32.8. The van der Waals surface area contributed by atoms with Gasteiger partial charge in [-0.3, -0.25) is 9.59 Å². The lowest BCUT2D eigenvalue weighted by Gasteiger charge is -2.45. The van der Waals surface area contributed by atoms with Gasteiger partial charge in [0.15, 0.2) is 17.9 Å². The third-order valence-electron chi connectivity index (χ3n) is 8.45. The van der Waals surface area contributed by atoms with Crippen molar-refractivity contribution in [1.82, 2.24) is 9.97 Å². The van der Waals surface area contributed by atoms with Gasteiger partial charge < -0.3 is 14.8 Å². The highest BCUT2D eigenvalue weighted by atomic mass is 35.5. The SMILES string of the molecule is CC(C)[Si](O[C@H]1C[C@H](Nc2nc(-c3cc(C(=O)c4cccc(Cl)c4)c(Cl)s3)ncc2C=O)C[C@@H]1CO)(C(C)C)C(C)C. The second-order valence-corrected chi connectivity index (χ2v) is 19.5. The van der Waals surface area contributed by atoms with Crippen LogP contribution in [0.5, 0.6) is 0 Å². The van der Waals surface area contributed by atoms with E-state index in [0.29, 0.717) is 72.0 Å². The molecule has 2 heterocycles. The summed E-state index contributed by atoms with van der Waals surface area (Å²) in [5, 5.41) is 14.2. The van der Waals surface area contributed by atoms with Gasteiger partial charge in [-0.2, -0.15) is 0 Å². The standard InChI is InChI=1S/C31H39Cl2N3O4SSi/c1-17(2)42(18(3)4,19(5)6)40-26-12-24(11-21(26)15-37)35-30-22(16-38)14-34-31(36-30)27-13-25(29(33)41-27)28(39)20-8-7-9-23(32)10-20/h7-10,13-14,16-19,21,24,26,37H,11-12,15H2,1-6H3,(H,34,35,36)/t21-,24-,26+/m1/s1. The fraction of sp³-hybridized carbons (Fsp3) is 0.484. The summed E-state index contributed by atoms with van der Waals surface area (Å²) in [5.74, 6) is 0.506. The Balaban J connectivity index is 1.58. The quantitative estimate of drug-likeness (QED) is 0.116. The van der Waals surface area contributed by atoms with Crippen molar-refractivity contribution in [3.05, 3.63) is 62.6 Å². The molecule has 0 saturated heterocycles. The molecular formula is C31H39Cl2N3O4SSi. The Morgan fingerprint density at radius 3 is 2.43 bits per heavy atom. The number of aliphatic hydroxyl groups excluding tert-OH is 1. The highest BCUT2D eigenvalue weighted by Crippen LogP contribution is 2.46. The van der Waals surface area contributed by atoms with E-state index in [0.717, 1.165) is 6.29 Å². The molecule has 0 amide bonds. The molecule has 0 bridgehead atoms. The van der Waals surface area contributed by atoms with Crippen LogP contribution >= 0.6 is 34.5 Å². The van der Waals surface area contributed by atoms with Crippen LogP contribution in [-0.4, -0.2) is 54.2 Å². The van der Waals surface area contributed by atoms with Crippen LogP contribution in [0.15, 0.2) is 36.5 Å². The minimum absolute atomic E-state index is 0.0113. The Morgan fingerprint density at radius 1 is 1.14 bits per heavy atom. The normalized spacial score (nSPS) is 19.2. The van der Waals surface area contributed by atoms with E-state index in [9.17, 15) is 14.7 Å². The summed E-state index contributed by atoms with van der Waals surface area (Å²) in [6.07, 6.45) is 3.52. The lowest BCUT2D eigenvalue weighted by atomic mass is 10.1. The van der Waals surface area contributed by atoms with E-state index in [-0.39, 0.29) is 30.5 Å². The van der Waals surface area contributed by atoms with Crippen LogP contribution < -0.4 is 5.32 Å². The monoisotopic (exact) mass is 647 g/mol. The molecule has 1 aliphatic rings. The molecule has 0 radical (unpaired) electrons. The average Bonchev–Trinajstić information content (AvgIpc) is 3.52. The highest BCUT2D eigenvalue weighted by Gasteiger charge is 2.49. The molecule has 42 heavy (non-hydrogen) atoms. The predicted octanol–water partition coefficient (Wildman–Crippen LogP) is 8.30. The minimum atomic E-state index is -2.15. The Morgan fingerprint density at radius 2 is 1.83 bits per heavy atom. The molecule has 2 N–H and O–H groups in total. The summed E-state index contributed by atoms with van der Waals surface area (Å²) >= 11 is 13.8. The van der Waals surface area contributed by atoms with Gasteiger partial charge in [-0.05, 0) is 47.7 Å². The third kappa shape index (κ3) is 6.66. The Labute approximate surface area is 263 Å². The van der Waals surface area contributed by atoms with Crippen LogP contribution in [0.4, 0.5) is 5.82 Å². The zero-order chi connectivity index (χ0) is 30.8. The number of halogens is 2. The minimum Gasteiger partial charge on any atom is -0.413 e. The van der Waals surface area contributed by atoms with Crippen molar-refractivity contribution >= 4 is 60.7 Å². The van der Waals surface area contributed by atoms with Crippen molar-refractivity contribution in [2.45, 2.75) is 83.2 Å². The summed E-state index contributed by atoms with van der Waals surface area (Å²) in [6.45, 7) is 13.6. The van der Waals surface area contributed by atoms with Gasteiger partial charge in [0.1, 0.15) is 10.2 Å². The molecule has 1 aromatic carbocycles. The maximum Gasteiger partial charge on any atom is 0.200 e. The molecule has 1 saturated carbocycles. The van der Waals surface area contributed by atoms with Crippen molar-refractivity contribution < 1.29 is 19.1 Å². The molecule has 0 aliphatic heterocycles. The molecule has 4 rings (SSSR count). The molecule has 7 nitrogen and oxygen atoms in total. The number of aldehydes is 1. The van der Waals surface area contributed by atoms with Gasteiger partial charge in [0.05, 0.1) is 22.1 Å². The van der Waals surface area contributed by atoms with Gasteiger partial charge in [-0.1, -0.05) is 76.9 Å². The van der Waals surface area contributed by atoms with Gasteiger partial charge in [0.2, 0.25) is 8.32 Å². The molecule has 226 valence electrons. The Kier molecular flexibility index (Phi) is 10.7. The lowest BCUT2D eigenvalue weighted by Crippen LogP contribution is -2.51. The van der Waals surface area contributed by atoms with Crippen LogP contribution in [0.25, 0.3) is 10.7 Å². The second-order valence-electron chi connectivity index (χ2n) is 12.0. The first-order valence-electron chi connectivity index (χ1n) is 14.4. The number of nitrogens with zero attached hydrogens (tertiary/aromatic N) is 2. The van der Waals surface area contributed by atoms with Gasteiger partial charge in [-0.15, -0.1) is 11.3 Å². The van der Waals surface area contributed by atoms with Gasteiger partial charge in [-0.25, -0.2) is 9.97 Å². The summed E-state index contributed by atoms with van der Waals surface area (Å²) in [7, 11) is -2.15. The number of carbonyl (C=O) groups excluding carboxylic acids is 2. The molecule has 11 heteroatoms. The molecule has 3 aromatic rings. The van der Waals surface area contributed by atoms with Crippen molar-refractivity contribution in [1.29, 1.82) is 0 Å². The molecule has 2 aromatic heterocycles. The number of carbonyl (C=O) groups is 2. The maximum absolute atomic E-state index is 13.1. The predicted molar refractivity (Wildman–Crippen MR) is 174 cm³/mol. The number of hydrogen-bond donors (Lipinski definition) is 2. The Hall–Kier alpha value is -2.14. The third-order valence-corrected chi connectivity index (χ3v) is 16.2. The molecular weight excluding hydrogens is 609 g/mol. The van der Waals surface area contributed by atoms with Gasteiger partial charge in [0.25, 0.3) is 0 Å². The molecule has 3 atom stereocenters. The molecule has 1 aliphatic carbocycles. The summed E-state index contributed by atoms with van der Waals surface area (Å²) in [6, 6.07) is 8.34. The lowest BCUT2D eigenvalue weighted by molar-refractivity contribution is 0.0941. The van der Waals surface area contributed by atoms with Crippen LogP contribution in [-0.2, 0) is 4.43 Å². The number of aromatic nitrogens is 2. The van der Waals surface area contributed by atoms with E-state index in [1.165, 1.54) is 17.5 Å². The van der Waals surface area contributed by atoms with Crippen molar-refractivity contribution in [2.24, 2.45) is 5.92 Å². The van der Waals surface area contributed by atoms with Crippen LogP contribution in [0.3, 0.4) is 0 Å². The average molecular weight is 649 g/mol. The van der Waals surface area contributed by atoms with E-state index in [1.54, 1.807) is 30.3 Å². The zero-order valence-electron chi connectivity index (χ0n) is 24.9. The van der Waals surface area contributed by atoms with Crippen LogP contribution in [0, 0.1) is 5.92 Å². The first-order valence-corrected chi connectivity index (χ1v) is 18.1. The van der Waals surface area contributed by atoms with E-state index < -0.39 is 8.32 Å². The fourth-order valence-corrected chi connectivity index (χ4v) is 13.6. The van der Waals surface area contributed by atoms with E-state index >= 15 is 0 Å². The highest BCUT2D eigenvalue weighted by molar-refractivity contribution is 7.19. The van der Waals surface area contributed by atoms with E-state index in [2.05, 4.69) is 56.8 Å². The number of benzene rings is 1. The number of anilines is 1. The number of nitrogens with one attached hydrogen (secondary N) is 1. The van der Waals surface area contributed by atoms with Crippen molar-refractivity contribution in [3.63, 3.8) is 0 Å². The topological polar surface area (TPSA) is 101 Å². The summed E-state index contributed by atoms with van der Waals surface area (Å²) in [4.78, 5) is 34.7. The second kappa shape index (κ2) is 13.7. The summed E-state index contributed by atoms with van der Waals surface area (Å²) in [5.41, 5.74) is 2.40. The maximum atomic E-state index is 13.1. The van der Waals surface area contributed by atoms with Crippen LogP contribution in [0.2, 0.25) is 26.0 Å².